The Balaban J connectivity index is 1.33. The number of fused-ring (bicyclic) bond motifs is 1. The van der Waals surface area contributed by atoms with Crippen LogP contribution in [0.3, 0.4) is 0 Å². The predicted molar refractivity (Wildman–Crippen MR) is 121 cm³/mol. The van der Waals surface area contributed by atoms with E-state index in [1.807, 2.05) is 0 Å². The molecule has 36 heavy (non-hydrogen) atoms. The number of halogens is 4. The van der Waals surface area contributed by atoms with Crippen molar-refractivity contribution >= 4 is 40.5 Å². The summed E-state index contributed by atoms with van der Waals surface area (Å²) in [4.78, 5) is 51.6. The molecule has 14 heteroatoms. The summed E-state index contributed by atoms with van der Waals surface area (Å²) in [7, 11) is 0. The van der Waals surface area contributed by atoms with Crippen LogP contribution in [0.15, 0.2) is 18.6 Å². The topological polar surface area (TPSA) is 114 Å². The molecule has 4 heterocycles. The molecule has 1 saturated carbocycles. The second-order valence-electron chi connectivity index (χ2n) is 9.01. The van der Waals surface area contributed by atoms with E-state index in [4.69, 9.17) is 16.3 Å². The Morgan fingerprint density at radius 1 is 1.17 bits per heavy atom. The second kappa shape index (κ2) is 9.67. The maximum atomic E-state index is 13.6. The van der Waals surface area contributed by atoms with E-state index in [0.29, 0.717) is 4.88 Å². The SMILES string of the molecule is O=C(N[C@H](C(=O)N1C[C@H](Cl)[C@H]2OCC(=O)[C@H]21)C1CCCC1)c1ncc(-c2cnc(C(F)(F)F)nc2)s1. The smallest absolute Gasteiger partial charge is 0.366 e. The highest BCUT2D eigenvalue weighted by molar-refractivity contribution is 7.16. The molecule has 0 spiro atoms. The van der Waals surface area contributed by atoms with E-state index < -0.39 is 41.5 Å². The van der Waals surface area contributed by atoms with Crippen molar-refractivity contribution in [3.8, 4) is 10.4 Å². The van der Waals surface area contributed by atoms with Gasteiger partial charge in [-0.2, -0.15) is 13.2 Å². The Labute approximate surface area is 212 Å². The Bertz CT molecular complexity index is 1170. The molecule has 5 rings (SSSR count). The van der Waals surface area contributed by atoms with Crippen molar-refractivity contribution in [2.24, 2.45) is 5.92 Å². The van der Waals surface area contributed by atoms with Crippen molar-refractivity contribution in [3.63, 3.8) is 0 Å². The number of likely N-dealkylation sites (tertiary alicyclic amines) is 1. The first kappa shape index (κ1) is 25.0. The normalized spacial score (nSPS) is 25.3. The molecule has 4 atom stereocenters. The van der Waals surface area contributed by atoms with E-state index in [0.717, 1.165) is 49.4 Å². The zero-order valence-electron chi connectivity index (χ0n) is 18.7. The molecule has 2 aromatic heterocycles. The van der Waals surface area contributed by atoms with Crippen molar-refractivity contribution in [3.05, 3.63) is 29.4 Å². The first-order valence-electron chi connectivity index (χ1n) is 11.4. The number of ketones is 1. The van der Waals surface area contributed by atoms with E-state index >= 15 is 0 Å². The number of ether oxygens (including phenoxy) is 1. The molecular formula is C22H21ClF3N5O4S. The van der Waals surface area contributed by atoms with Gasteiger partial charge in [0.2, 0.25) is 11.7 Å². The van der Waals surface area contributed by atoms with Crippen LogP contribution in [-0.2, 0) is 20.5 Å². The van der Waals surface area contributed by atoms with Crippen LogP contribution in [0.4, 0.5) is 13.2 Å². The van der Waals surface area contributed by atoms with Crippen molar-refractivity contribution in [1.82, 2.24) is 25.2 Å². The van der Waals surface area contributed by atoms with E-state index in [-0.39, 0.29) is 41.3 Å². The largest absolute Gasteiger partial charge is 0.451 e. The number of amides is 2. The quantitative estimate of drug-likeness (QED) is 0.577. The van der Waals surface area contributed by atoms with Gasteiger partial charge in [0.15, 0.2) is 10.8 Å². The molecule has 1 aliphatic carbocycles. The second-order valence-corrected chi connectivity index (χ2v) is 10.6. The van der Waals surface area contributed by atoms with Crippen LogP contribution in [0.1, 0.15) is 41.3 Å². The number of nitrogens with one attached hydrogen (secondary N) is 1. The minimum atomic E-state index is -4.66. The van der Waals surface area contributed by atoms with Gasteiger partial charge < -0.3 is 15.0 Å². The Kier molecular flexibility index (Phi) is 6.72. The summed E-state index contributed by atoms with van der Waals surface area (Å²) in [5.41, 5.74) is 0.277. The molecule has 9 nitrogen and oxygen atoms in total. The maximum absolute atomic E-state index is 13.6. The van der Waals surface area contributed by atoms with E-state index in [1.165, 1.54) is 11.1 Å². The number of thiazole rings is 1. The van der Waals surface area contributed by atoms with Crippen LogP contribution >= 0.6 is 22.9 Å². The Morgan fingerprint density at radius 3 is 2.53 bits per heavy atom. The lowest BCUT2D eigenvalue weighted by atomic mass is 9.96. The molecule has 2 amide bonds. The molecule has 3 aliphatic rings. The summed E-state index contributed by atoms with van der Waals surface area (Å²) in [6, 6.07) is -1.62. The predicted octanol–water partition coefficient (Wildman–Crippen LogP) is 2.69. The number of nitrogens with zero attached hydrogens (tertiary/aromatic N) is 4. The maximum Gasteiger partial charge on any atom is 0.451 e. The number of aromatic nitrogens is 3. The molecule has 0 radical (unpaired) electrons. The number of rotatable bonds is 5. The third-order valence-corrected chi connectivity index (χ3v) is 8.15. The lowest BCUT2D eigenvalue weighted by molar-refractivity contribution is -0.145. The van der Waals surface area contributed by atoms with E-state index in [1.54, 1.807) is 0 Å². The molecule has 0 unspecified atom stereocenters. The number of carbonyl (C=O) groups is 3. The molecule has 0 bridgehead atoms. The summed E-state index contributed by atoms with van der Waals surface area (Å²) in [5.74, 6) is -2.54. The zero-order valence-corrected chi connectivity index (χ0v) is 20.3. The number of hydrogen-bond acceptors (Lipinski definition) is 8. The highest BCUT2D eigenvalue weighted by Gasteiger charge is 2.53. The van der Waals surface area contributed by atoms with Gasteiger partial charge in [0.1, 0.15) is 24.8 Å². The Morgan fingerprint density at radius 2 is 1.86 bits per heavy atom. The lowest BCUT2D eigenvalue weighted by Crippen LogP contribution is -2.54. The Hall–Kier alpha value is -2.64. The minimum Gasteiger partial charge on any atom is -0.366 e. The third-order valence-electron chi connectivity index (χ3n) is 6.72. The summed E-state index contributed by atoms with van der Waals surface area (Å²) < 4.78 is 43.6. The van der Waals surface area contributed by atoms with E-state index in [2.05, 4.69) is 20.3 Å². The fraction of sp³-hybridized carbons (Fsp3) is 0.545. The fourth-order valence-corrected chi connectivity index (χ4v) is 6.14. The van der Waals surface area contributed by atoms with Crippen molar-refractivity contribution in [2.75, 3.05) is 13.2 Å². The monoisotopic (exact) mass is 543 g/mol. The first-order chi connectivity index (χ1) is 17.1. The van der Waals surface area contributed by atoms with Gasteiger partial charge in [-0.1, -0.05) is 12.8 Å². The number of hydrogen-bond donors (Lipinski definition) is 1. The van der Waals surface area contributed by atoms with Crippen LogP contribution in [0.25, 0.3) is 10.4 Å². The van der Waals surface area contributed by atoms with Crippen LogP contribution in [0.2, 0.25) is 0 Å². The summed E-state index contributed by atoms with van der Waals surface area (Å²) in [6.07, 6.45) is 1.50. The van der Waals surface area contributed by atoms with Crippen LogP contribution in [-0.4, -0.2) is 74.2 Å². The molecule has 2 aromatic rings. The molecular weight excluding hydrogens is 523 g/mol. The van der Waals surface area contributed by atoms with Crippen LogP contribution < -0.4 is 5.32 Å². The zero-order chi connectivity index (χ0) is 25.6. The average molecular weight is 544 g/mol. The van der Waals surface area contributed by atoms with Gasteiger partial charge in [-0.05, 0) is 18.8 Å². The van der Waals surface area contributed by atoms with Gasteiger partial charge in [-0.3, -0.25) is 14.4 Å². The minimum absolute atomic E-state index is 0.0375. The molecule has 2 saturated heterocycles. The van der Waals surface area contributed by atoms with Gasteiger partial charge in [0, 0.05) is 30.7 Å². The van der Waals surface area contributed by atoms with Crippen molar-refractivity contribution in [1.29, 1.82) is 0 Å². The number of carbonyl (C=O) groups excluding carboxylic acids is 3. The highest BCUT2D eigenvalue weighted by Crippen LogP contribution is 2.35. The molecule has 1 N–H and O–H groups in total. The van der Waals surface area contributed by atoms with E-state index in [9.17, 15) is 27.6 Å². The standard InChI is InChI=1S/C22H21ClF3N5O4S/c23-12-8-31(16-13(32)9-35-17(12)16)20(34)15(10-3-1-2-4-10)30-18(33)19-27-7-14(36-19)11-5-28-21(29-6-11)22(24,25)26/h5-7,10,12,15-17H,1-4,8-9H2,(H,30,33)/t12-,15-,16+,17+/m0/s1. The lowest BCUT2D eigenvalue weighted by Gasteiger charge is -2.30. The van der Waals surface area contributed by atoms with Crippen molar-refractivity contribution in [2.45, 2.75) is 55.4 Å². The van der Waals surface area contributed by atoms with Gasteiger partial charge in [0.25, 0.3) is 5.91 Å². The first-order valence-corrected chi connectivity index (χ1v) is 12.6. The van der Waals surface area contributed by atoms with Gasteiger partial charge in [-0.15, -0.1) is 22.9 Å². The number of alkyl halides is 4. The number of Topliss-reactive ketones (excluding diaryl/α,β-unsaturated/α-hetero) is 1. The molecule has 0 aromatic carbocycles. The van der Waals surface area contributed by atoms with Gasteiger partial charge in [-0.25, -0.2) is 15.0 Å². The molecule has 3 fully saturated rings. The molecule has 192 valence electrons. The van der Waals surface area contributed by atoms with Crippen molar-refractivity contribution < 1.29 is 32.3 Å². The van der Waals surface area contributed by atoms with Gasteiger partial charge in [0.05, 0.1) is 10.3 Å². The summed E-state index contributed by atoms with van der Waals surface area (Å²) in [6.45, 7) is 0.0498. The fourth-order valence-electron chi connectivity index (χ4n) is 4.99. The van der Waals surface area contributed by atoms with Crippen LogP contribution in [0, 0.1) is 5.92 Å². The van der Waals surface area contributed by atoms with Gasteiger partial charge >= 0.3 is 6.18 Å². The van der Waals surface area contributed by atoms with Crippen LogP contribution in [0.5, 0.6) is 0 Å². The average Bonchev–Trinajstić information content (AvgIpc) is 3.64. The summed E-state index contributed by atoms with van der Waals surface area (Å²) >= 11 is 7.29. The highest BCUT2D eigenvalue weighted by atomic mass is 35.5. The third kappa shape index (κ3) is 4.71. The summed E-state index contributed by atoms with van der Waals surface area (Å²) in [5, 5.41) is 2.32. The molecule has 2 aliphatic heterocycles.